The maximum Gasteiger partial charge on any atom is 0.504 e. The summed E-state index contributed by atoms with van der Waals surface area (Å²) >= 11 is 0. The van der Waals surface area contributed by atoms with E-state index in [2.05, 4.69) is 18.6 Å². The Hall–Kier alpha value is -2.68. The number of unbranched alkanes of at least 4 members (excludes halogenated alkanes) is 10. The van der Waals surface area contributed by atoms with Crippen molar-refractivity contribution in [2.45, 2.75) is 127 Å². The van der Waals surface area contributed by atoms with Crippen molar-refractivity contribution in [2.75, 3.05) is 13.2 Å². The molecule has 43 heavy (non-hydrogen) atoms. The van der Waals surface area contributed by atoms with Gasteiger partial charge in [0.1, 0.15) is 21.3 Å². The number of rotatable bonds is 20. The van der Waals surface area contributed by atoms with E-state index in [9.17, 15) is 22.4 Å². The largest absolute Gasteiger partial charge is 0.504 e. The summed E-state index contributed by atoms with van der Waals surface area (Å²) in [5.41, 5.74) is 11.3. The zero-order valence-corrected chi connectivity index (χ0v) is 28.1. The quantitative estimate of drug-likeness (QED) is 0.0476. The van der Waals surface area contributed by atoms with E-state index >= 15 is 0 Å². The highest BCUT2D eigenvalue weighted by Gasteiger charge is 2.47. The number of nitrogens with zero attached hydrogens (tertiary/aromatic N) is 2. The van der Waals surface area contributed by atoms with E-state index in [1.165, 1.54) is 37.1 Å². The summed E-state index contributed by atoms with van der Waals surface area (Å²) in [5, 5.41) is 0. The number of hydrogen-bond acceptors (Lipinski definition) is 6. The van der Waals surface area contributed by atoms with Crippen LogP contribution in [-0.4, -0.2) is 39.2 Å². The van der Waals surface area contributed by atoms with Gasteiger partial charge in [-0.1, -0.05) is 104 Å². The van der Waals surface area contributed by atoms with Crippen LogP contribution in [0, 0.1) is 0 Å². The third-order valence-electron chi connectivity index (χ3n) is 7.46. The average Bonchev–Trinajstić information content (AvgIpc) is 3.00. The predicted molar refractivity (Wildman–Crippen MR) is 172 cm³/mol. The molecular formula is C33H50N2O6S2. The molecule has 0 aromatic heterocycles. The van der Waals surface area contributed by atoms with E-state index in [0.717, 1.165) is 64.2 Å². The molecule has 0 aliphatic heterocycles. The Balaban J connectivity index is 2.38. The summed E-state index contributed by atoms with van der Waals surface area (Å²) < 4.78 is 66.1. The molecule has 0 aliphatic carbocycles. The first kappa shape index (κ1) is 36.5. The number of aryl methyl sites for hydroxylation is 2. The third-order valence-corrected chi connectivity index (χ3v) is 11.7. The lowest BCUT2D eigenvalue weighted by Crippen LogP contribution is -2.27. The molecular weight excluding hydrogens is 585 g/mol. The molecule has 0 spiro atoms. The molecule has 0 aliphatic rings. The minimum Gasteiger partial charge on any atom is -0.492 e. The molecule has 0 radical (unpaired) electrons. The molecule has 0 amide bonds. The van der Waals surface area contributed by atoms with Gasteiger partial charge in [0, 0.05) is 0 Å². The summed E-state index contributed by atoms with van der Waals surface area (Å²) in [6, 6.07) is 9.36. The first-order valence-electron chi connectivity index (χ1n) is 15.9. The van der Waals surface area contributed by atoms with E-state index in [-0.39, 0.29) is 34.5 Å². The molecule has 2 aromatic carbocycles. The molecule has 0 fully saturated rings. The van der Waals surface area contributed by atoms with Crippen LogP contribution in [0.4, 0.5) is 0 Å². The van der Waals surface area contributed by atoms with Crippen LogP contribution in [0.1, 0.15) is 116 Å². The van der Waals surface area contributed by atoms with Crippen LogP contribution >= 0.6 is 0 Å². The highest BCUT2D eigenvalue weighted by atomic mass is 32.3. The van der Waals surface area contributed by atoms with Gasteiger partial charge in [0.05, 0.1) is 13.2 Å². The smallest absolute Gasteiger partial charge is 0.492 e. The van der Waals surface area contributed by atoms with Crippen molar-refractivity contribution < 1.29 is 31.1 Å². The van der Waals surface area contributed by atoms with E-state index in [1.54, 1.807) is 12.1 Å². The number of ether oxygens (including phenoxy) is 2. The van der Waals surface area contributed by atoms with Gasteiger partial charge in [-0.15, -0.1) is 4.79 Å². The molecule has 240 valence electrons. The normalized spacial score (nSPS) is 11.7. The van der Waals surface area contributed by atoms with Crippen LogP contribution in [0.2, 0.25) is 0 Å². The lowest BCUT2D eigenvalue weighted by Gasteiger charge is -2.14. The lowest BCUT2D eigenvalue weighted by atomic mass is 10.1. The predicted octanol–water partition coefficient (Wildman–Crippen LogP) is 8.12. The van der Waals surface area contributed by atoms with E-state index in [4.69, 9.17) is 9.47 Å². The second-order valence-electron chi connectivity index (χ2n) is 10.9. The van der Waals surface area contributed by atoms with Crippen LogP contribution in [0.3, 0.4) is 0 Å². The Morgan fingerprint density at radius 3 is 1.33 bits per heavy atom. The van der Waals surface area contributed by atoms with Gasteiger partial charge < -0.3 is 15.0 Å². The molecule has 0 heterocycles. The van der Waals surface area contributed by atoms with Crippen molar-refractivity contribution >= 4 is 24.1 Å². The molecule has 0 atom stereocenters. The van der Waals surface area contributed by atoms with Crippen LogP contribution in [-0.2, 0) is 32.5 Å². The van der Waals surface area contributed by atoms with E-state index in [0.29, 0.717) is 24.0 Å². The Kier molecular flexibility index (Phi) is 16.0. The summed E-state index contributed by atoms with van der Waals surface area (Å²) in [4.78, 5) is 2.21. The van der Waals surface area contributed by atoms with Crippen LogP contribution in [0.15, 0.2) is 46.2 Å². The maximum atomic E-state index is 13.9. The van der Waals surface area contributed by atoms with E-state index in [1.807, 2.05) is 13.8 Å². The summed E-state index contributed by atoms with van der Waals surface area (Å²) in [6.07, 6.45) is 13.5. The minimum atomic E-state index is -4.82. The van der Waals surface area contributed by atoms with Crippen molar-refractivity contribution in [3.8, 4) is 11.5 Å². The fraction of sp³-hybridized carbons (Fsp3) is 0.606. The second-order valence-corrected chi connectivity index (χ2v) is 14.8. The summed E-state index contributed by atoms with van der Waals surface area (Å²) in [6.45, 7) is 8.61. The highest BCUT2D eigenvalue weighted by Crippen LogP contribution is 2.33. The molecule has 0 saturated carbocycles. The van der Waals surface area contributed by atoms with Crippen molar-refractivity contribution in [3.63, 3.8) is 0 Å². The first-order chi connectivity index (χ1) is 20.7. The van der Waals surface area contributed by atoms with Crippen molar-refractivity contribution in [2.24, 2.45) is 0 Å². The number of benzene rings is 2. The van der Waals surface area contributed by atoms with Crippen LogP contribution < -0.4 is 9.47 Å². The SMILES string of the molecule is CCCCCCCCOc1ccc(CC)cc1S(=O)(=O)C(=[N+]=[N-])S(=O)(=O)c1cc(CC)ccc1OCCCCCCCC. The minimum absolute atomic E-state index is 0.0314. The highest BCUT2D eigenvalue weighted by molar-refractivity contribution is 8.31. The number of sulfone groups is 2. The van der Waals surface area contributed by atoms with Crippen molar-refractivity contribution in [1.29, 1.82) is 0 Å². The molecule has 8 nitrogen and oxygen atoms in total. The van der Waals surface area contributed by atoms with Gasteiger partial charge >= 0.3 is 4.38 Å². The van der Waals surface area contributed by atoms with Gasteiger partial charge in [-0.2, -0.15) is 0 Å². The molecule has 2 aromatic rings. The Morgan fingerprint density at radius 2 is 0.977 bits per heavy atom. The topological polar surface area (TPSA) is 123 Å². The van der Waals surface area contributed by atoms with Crippen LogP contribution in [0.25, 0.3) is 5.53 Å². The van der Waals surface area contributed by atoms with Gasteiger partial charge in [0.25, 0.3) is 19.7 Å². The van der Waals surface area contributed by atoms with Crippen LogP contribution in [0.5, 0.6) is 11.5 Å². The Morgan fingerprint density at radius 1 is 0.605 bits per heavy atom. The number of hydrogen-bond donors (Lipinski definition) is 0. The summed E-state index contributed by atoms with van der Waals surface area (Å²) in [7, 11) is -9.64. The zero-order valence-electron chi connectivity index (χ0n) is 26.4. The average molecular weight is 635 g/mol. The molecule has 0 unspecified atom stereocenters. The maximum absolute atomic E-state index is 13.9. The van der Waals surface area contributed by atoms with Gasteiger partial charge in [0.2, 0.25) is 0 Å². The van der Waals surface area contributed by atoms with Crippen molar-refractivity contribution in [1.82, 2.24) is 0 Å². The van der Waals surface area contributed by atoms with Gasteiger partial charge in [-0.05, 0) is 61.1 Å². The fourth-order valence-corrected chi connectivity index (χ4v) is 8.45. The second kappa shape index (κ2) is 18.9. The molecule has 2 rings (SSSR count). The molecule has 0 bridgehead atoms. The molecule has 10 heteroatoms. The van der Waals surface area contributed by atoms with Crippen molar-refractivity contribution in [3.05, 3.63) is 53.1 Å². The monoisotopic (exact) mass is 634 g/mol. The standard InChI is InChI=1S/C33H50N2O6S2/c1-5-9-11-13-15-17-23-40-29-21-19-27(7-3)25-31(29)42(36,37)33(35-34)43(38,39)32-26-28(8-4)20-22-30(32)41-24-18-16-14-12-10-6-2/h19-22,25-26H,5-18,23-24H2,1-4H3. The lowest BCUT2D eigenvalue weighted by molar-refractivity contribution is 0.00377. The van der Waals surface area contributed by atoms with Gasteiger partial charge in [-0.3, -0.25) is 0 Å². The van der Waals surface area contributed by atoms with Gasteiger partial charge in [-0.25, -0.2) is 16.8 Å². The zero-order chi connectivity index (χ0) is 31.7. The fourth-order valence-electron chi connectivity index (χ4n) is 4.77. The summed E-state index contributed by atoms with van der Waals surface area (Å²) in [5.74, 6) is 0.0629. The first-order valence-corrected chi connectivity index (χ1v) is 18.9. The van der Waals surface area contributed by atoms with Gasteiger partial charge in [0.15, 0.2) is 0 Å². The third kappa shape index (κ3) is 10.8. The molecule has 0 N–H and O–H groups in total. The van der Waals surface area contributed by atoms with E-state index < -0.39 is 24.1 Å². The Bertz CT molecular complexity index is 1310. The molecule has 0 saturated heterocycles. The Labute approximate surface area is 259 Å².